The van der Waals surface area contributed by atoms with Crippen molar-refractivity contribution in [2.75, 3.05) is 13.1 Å². The summed E-state index contributed by atoms with van der Waals surface area (Å²) >= 11 is 0. The number of nitrogens with one attached hydrogen (secondary N) is 7. The molecule has 0 radical (unpaired) electrons. The third-order valence-electron chi connectivity index (χ3n) is 10.7. The van der Waals surface area contributed by atoms with Crippen LogP contribution in [0.25, 0.3) is 21.8 Å². The van der Waals surface area contributed by atoms with Crippen molar-refractivity contribution in [2.45, 2.75) is 88.1 Å². The maximum atomic E-state index is 14.0. The molecule has 59 heavy (non-hydrogen) atoms. The standard InChI is InChI=1S/C41H52N12O6/c1-23(49-39(57)33(16-24-19-46-30-10-4-2-8-27(24)30)52-38(56)29(43)18-26-21-45-22-48-26)37(55)51-34(17-25-20-47-31-11-5-3-9-28(25)31)40(58)50-32-13-15-53(41(32)59)35(36(44)54)12-6-7-14-42/h2-5,8-11,19-23,29,32-35,46-47H,6-7,12-18,42-43H2,1H3,(H2,44,54)(H,45,48)(H,49,57)(H,50,58)(H,51,55)(H,52,56)/t23-,29+,32+,33+,34-,35+/m0/s1. The molecule has 13 N–H and O–H groups in total. The fourth-order valence-electron chi connectivity index (χ4n) is 7.49. The summed E-state index contributed by atoms with van der Waals surface area (Å²) in [5.41, 5.74) is 21.3. The number of carbonyl (C=O) groups is 6. The van der Waals surface area contributed by atoms with Gasteiger partial charge in [0.2, 0.25) is 35.4 Å². The number of nitrogens with two attached hydrogens (primary N) is 3. The molecule has 5 aromatic rings. The Morgan fingerprint density at radius 2 is 1.42 bits per heavy atom. The quantitative estimate of drug-likeness (QED) is 0.0469. The number of carbonyl (C=O) groups excluding carboxylic acids is 6. The van der Waals surface area contributed by atoms with Crippen molar-refractivity contribution in [2.24, 2.45) is 17.2 Å². The number of aromatic nitrogens is 4. The number of primary amides is 1. The Balaban J connectivity index is 1.17. The largest absolute Gasteiger partial charge is 0.368 e. The molecule has 1 aliphatic rings. The van der Waals surface area contributed by atoms with Crippen LogP contribution < -0.4 is 38.5 Å². The van der Waals surface area contributed by atoms with Gasteiger partial charge in [0.25, 0.3) is 0 Å². The number of nitrogens with zero attached hydrogens (tertiary/aromatic N) is 2. The Labute approximate surface area is 340 Å². The molecular weight excluding hydrogens is 757 g/mol. The van der Waals surface area contributed by atoms with E-state index in [4.69, 9.17) is 17.2 Å². The minimum atomic E-state index is -1.18. The average molecular weight is 809 g/mol. The number of hydrogen-bond donors (Lipinski definition) is 10. The second-order valence-electron chi connectivity index (χ2n) is 15.0. The zero-order valence-corrected chi connectivity index (χ0v) is 32.8. The van der Waals surface area contributed by atoms with Crippen LogP contribution in [0.15, 0.2) is 73.4 Å². The molecule has 6 rings (SSSR count). The van der Waals surface area contributed by atoms with Gasteiger partial charge in [-0.3, -0.25) is 28.8 Å². The first-order chi connectivity index (χ1) is 28.4. The highest BCUT2D eigenvalue weighted by atomic mass is 16.2. The first kappa shape index (κ1) is 42.1. The number of likely N-dealkylation sites (tertiary alicyclic amines) is 1. The molecule has 18 heteroatoms. The lowest BCUT2D eigenvalue weighted by molar-refractivity contribution is -0.139. The van der Waals surface area contributed by atoms with E-state index in [0.29, 0.717) is 31.5 Å². The molecule has 1 aliphatic heterocycles. The number of para-hydroxylation sites is 2. The number of H-pyrrole nitrogens is 3. The summed E-state index contributed by atoms with van der Waals surface area (Å²) in [5, 5.41) is 12.7. The van der Waals surface area contributed by atoms with Gasteiger partial charge in [0.15, 0.2) is 0 Å². The van der Waals surface area contributed by atoms with E-state index in [0.717, 1.165) is 32.9 Å². The van der Waals surface area contributed by atoms with Crippen molar-refractivity contribution in [1.82, 2.24) is 46.1 Å². The highest BCUT2D eigenvalue weighted by molar-refractivity contribution is 5.98. The number of unbranched alkanes of at least 4 members (excludes halogenated alkanes) is 1. The van der Waals surface area contributed by atoms with Crippen LogP contribution in [0.1, 0.15) is 49.4 Å². The van der Waals surface area contributed by atoms with Gasteiger partial charge in [-0.05, 0) is 62.4 Å². The molecule has 6 atom stereocenters. The van der Waals surface area contributed by atoms with Gasteiger partial charge in [-0.15, -0.1) is 0 Å². The van der Waals surface area contributed by atoms with E-state index in [1.54, 1.807) is 18.6 Å². The van der Waals surface area contributed by atoms with Crippen LogP contribution in [-0.4, -0.2) is 110 Å². The highest BCUT2D eigenvalue weighted by Gasteiger charge is 2.40. The third kappa shape index (κ3) is 10.3. The molecule has 0 bridgehead atoms. The van der Waals surface area contributed by atoms with Crippen molar-refractivity contribution in [1.29, 1.82) is 0 Å². The van der Waals surface area contributed by atoms with Crippen LogP contribution in [0.4, 0.5) is 0 Å². The van der Waals surface area contributed by atoms with E-state index < -0.39 is 71.7 Å². The molecule has 2 aromatic carbocycles. The number of rotatable bonds is 20. The molecule has 0 unspecified atom stereocenters. The number of aromatic amines is 3. The summed E-state index contributed by atoms with van der Waals surface area (Å²) in [5.74, 6) is -3.62. The van der Waals surface area contributed by atoms with Crippen molar-refractivity contribution in [3.63, 3.8) is 0 Å². The molecule has 0 spiro atoms. The zero-order chi connectivity index (χ0) is 42.1. The Hall–Kier alpha value is -6.53. The number of amides is 6. The van der Waals surface area contributed by atoms with E-state index in [-0.39, 0.29) is 32.2 Å². The zero-order valence-electron chi connectivity index (χ0n) is 32.8. The summed E-state index contributed by atoms with van der Waals surface area (Å²) in [4.78, 5) is 95.7. The lowest BCUT2D eigenvalue weighted by atomic mass is 10.0. The maximum Gasteiger partial charge on any atom is 0.245 e. The normalized spacial score (nSPS) is 16.6. The van der Waals surface area contributed by atoms with Crippen molar-refractivity contribution < 1.29 is 28.8 Å². The summed E-state index contributed by atoms with van der Waals surface area (Å²) in [6, 6.07) is 8.75. The van der Waals surface area contributed by atoms with Crippen molar-refractivity contribution in [3.05, 3.63) is 90.3 Å². The second-order valence-corrected chi connectivity index (χ2v) is 15.0. The van der Waals surface area contributed by atoms with E-state index in [1.165, 1.54) is 18.2 Å². The van der Waals surface area contributed by atoms with Crippen LogP contribution in [0, 0.1) is 0 Å². The predicted octanol–water partition coefficient (Wildman–Crippen LogP) is -0.0982. The molecule has 1 fully saturated rings. The third-order valence-corrected chi connectivity index (χ3v) is 10.7. The topological polar surface area (TPSA) is 292 Å². The molecule has 3 aromatic heterocycles. The molecule has 312 valence electrons. The van der Waals surface area contributed by atoms with E-state index in [2.05, 4.69) is 41.2 Å². The van der Waals surface area contributed by atoms with Gasteiger partial charge < -0.3 is 58.3 Å². The molecule has 0 saturated carbocycles. The van der Waals surface area contributed by atoms with Gasteiger partial charge in [0.05, 0.1) is 12.4 Å². The maximum absolute atomic E-state index is 14.0. The lowest BCUT2D eigenvalue weighted by Gasteiger charge is -2.26. The Kier molecular flexibility index (Phi) is 13.8. The van der Waals surface area contributed by atoms with Crippen LogP contribution >= 0.6 is 0 Å². The molecule has 4 heterocycles. The van der Waals surface area contributed by atoms with Crippen LogP contribution in [0.5, 0.6) is 0 Å². The lowest BCUT2D eigenvalue weighted by Crippen LogP contribution is -2.58. The minimum absolute atomic E-state index is 0.0450. The smallest absolute Gasteiger partial charge is 0.245 e. The summed E-state index contributed by atoms with van der Waals surface area (Å²) in [6.45, 7) is 2.12. The minimum Gasteiger partial charge on any atom is -0.368 e. The Morgan fingerprint density at radius 3 is 2.02 bits per heavy atom. The Morgan fingerprint density at radius 1 is 0.814 bits per heavy atom. The average Bonchev–Trinajstić information content (AvgIpc) is 4.04. The van der Waals surface area contributed by atoms with Gasteiger partial charge >= 0.3 is 0 Å². The number of fused-ring (bicyclic) bond motifs is 2. The van der Waals surface area contributed by atoms with Gasteiger partial charge in [0, 0.05) is 71.9 Å². The van der Waals surface area contributed by atoms with E-state index in [1.807, 2.05) is 48.5 Å². The SMILES string of the molecule is C[C@H](NC(=O)[C@@H](Cc1c[nH]c2ccccc12)NC(=O)[C@H](N)Cc1cnc[nH]1)C(=O)N[C@@H](Cc1c[nH]c2ccccc12)C(=O)N[C@@H]1CCN([C@H](CCCCN)C(N)=O)C1=O. The van der Waals surface area contributed by atoms with E-state index >= 15 is 0 Å². The highest BCUT2D eigenvalue weighted by Crippen LogP contribution is 2.22. The monoisotopic (exact) mass is 808 g/mol. The van der Waals surface area contributed by atoms with Crippen LogP contribution in [0.2, 0.25) is 0 Å². The second kappa shape index (κ2) is 19.3. The number of benzene rings is 2. The first-order valence-corrected chi connectivity index (χ1v) is 19.8. The summed E-state index contributed by atoms with van der Waals surface area (Å²) < 4.78 is 0. The van der Waals surface area contributed by atoms with Gasteiger partial charge in [-0.25, -0.2) is 4.98 Å². The molecule has 6 amide bonds. The summed E-state index contributed by atoms with van der Waals surface area (Å²) in [7, 11) is 0. The van der Waals surface area contributed by atoms with Crippen LogP contribution in [-0.2, 0) is 48.0 Å². The van der Waals surface area contributed by atoms with Gasteiger partial charge in [-0.1, -0.05) is 36.4 Å². The van der Waals surface area contributed by atoms with Crippen molar-refractivity contribution in [3.8, 4) is 0 Å². The molecule has 18 nitrogen and oxygen atoms in total. The van der Waals surface area contributed by atoms with E-state index in [9.17, 15) is 28.8 Å². The van der Waals surface area contributed by atoms with Crippen molar-refractivity contribution >= 4 is 57.2 Å². The molecule has 1 saturated heterocycles. The predicted molar refractivity (Wildman–Crippen MR) is 220 cm³/mol. The number of hydrogen-bond acceptors (Lipinski definition) is 9. The van der Waals surface area contributed by atoms with Gasteiger partial charge in [0.1, 0.15) is 30.2 Å². The fraction of sp³-hybridized carbons (Fsp3) is 0.390. The summed E-state index contributed by atoms with van der Waals surface area (Å²) in [6.07, 6.45) is 8.68. The Bertz CT molecular complexity index is 2270. The van der Waals surface area contributed by atoms with Gasteiger partial charge in [-0.2, -0.15) is 0 Å². The first-order valence-electron chi connectivity index (χ1n) is 19.8. The fourth-order valence-corrected chi connectivity index (χ4v) is 7.49. The molecule has 0 aliphatic carbocycles. The van der Waals surface area contributed by atoms with Crippen LogP contribution in [0.3, 0.4) is 0 Å². The number of imidazole rings is 1. The molecular formula is C41H52N12O6.